The van der Waals surface area contributed by atoms with E-state index < -0.39 is 0 Å². The molecule has 0 bridgehead atoms. The number of para-hydroxylation sites is 1. The first-order valence-electron chi connectivity index (χ1n) is 8.19. The van der Waals surface area contributed by atoms with Crippen LogP contribution >= 0.6 is 0 Å². The Labute approximate surface area is 133 Å². The van der Waals surface area contributed by atoms with Crippen molar-refractivity contribution in [1.82, 2.24) is 10.2 Å². The minimum atomic E-state index is 0.0580. The van der Waals surface area contributed by atoms with E-state index in [1.54, 1.807) is 7.11 Å². The number of methoxy groups -OCH3 is 1. The average Bonchev–Trinajstić information content (AvgIpc) is 2.46. The molecule has 1 aromatic rings. The number of amides is 1. The predicted molar refractivity (Wildman–Crippen MR) is 89.1 cm³/mol. The van der Waals surface area contributed by atoms with E-state index >= 15 is 0 Å². The highest BCUT2D eigenvalue weighted by atomic mass is 16.5. The van der Waals surface area contributed by atoms with Gasteiger partial charge in [-0.25, -0.2) is 0 Å². The second kappa shape index (κ2) is 8.18. The number of nitrogens with zero attached hydrogens (tertiary/aromatic N) is 1. The number of carbonyl (C=O) groups excluding carboxylic acids is 1. The average molecular weight is 304 g/mol. The van der Waals surface area contributed by atoms with E-state index in [2.05, 4.69) is 24.1 Å². The number of likely N-dealkylation sites (tertiary alicyclic amines) is 1. The maximum Gasteiger partial charge on any atom is 0.224 e. The Bertz CT molecular complexity index is 480. The van der Waals surface area contributed by atoms with Gasteiger partial charge in [-0.05, 0) is 24.3 Å². The van der Waals surface area contributed by atoms with Gasteiger partial charge in [0, 0.05) is 31.7 Å². The highest BCUT2D eigenvalue weighted by molar-refractivity contribution is 5.79. The SMILES string of the molecule is COc1ccccc1CC(=O)NCCN1C[C@H](C)C[C@@H](C)C1. The zero-order valence-electron chi connectivity index (χ0n) is 14.0. The highest BCUT2D eigenvalue weighted by Crippen LogP contribution is 2.20. The molecule has 1 aliphatic rings. The van der Waals surface area contributed by atoms with E-state index in [1.165, 1.54) is 6.42 Å². The standard InChI is InChI=1S/C18H28N2O2/c1-14-10-15(2)13-20(12-14)9-8-19-18(21)11-16-6-4-5-7-17(16)22-3/h4-7,14-15H,8-13H2,1-3H3,(H,19,21)/t14-,15-/m1/s1. The van der Waals surface area contributed by atoms with Gasteiger partial charge in [0.25, 0.3) is 0 Å². The Morgan fingerprint density at radius 3 is 2.64 bits per heavy atom. The summed E-state index contributed by atoms with van der Waals surface area (Å²) < 4.78 is 5.28. The normalized spacial score (nSPS) is 22.3. The van der Waals surface area contributed by atoms with Crippen LogP contribution in [0.25, 0.3) is 0 Å². The molecule has 0 saturated carbocycles. The van der Waals surface area contributed by atoms with Crippen LogP contribution in [0.2, 0.25) is 0 Å². The maximum absolute atomic E-state index is 12.1. The van der Waals surface area contributed by atoms with Crippen LogP contribution in [0.4, 0.5) is 0 Å². The number of rotatable bonds is 6. The maximum atomic E-state index is 12.1. The van der Waals surface area contributed by atoms with Crippen molar-refractivity contribution in [3.8, 4) is 5.75 Å². The number of nitrogens with one attached hydrogen (secondary N) is 1. The number of hydrogen-bond donors (Lipinski definition) is 1. The predicted octanol–water partition coefficient (Wildman–Crippen LogP) is 2.33. The minimum absolute atomic E-state index is 0.0580. The second-order valence-electron chi connectivity index (χ2n) is 6.54. The summed E-state index contributed by atoms with van der Waals surface area (Å²) in [6.07, 6.45) is 1.69. The molecular weight excluding hydrogens is 276 g/mol. The van der Waals surface area contributed by atoms with Gasteiger partial charge in [0.05, 0.1) is 13.5 Å². The Kier molecular flexibility index (Phi) is 6.25. The van der Waals surface area contributed by atoms with Gasteiger partial charge < -0.3 is 15.0 Å². The van der Waals surface area contributed by atoms with Gasteiger partial charge in [-0.2, -0.15) is 0 Å². The summed E-state index contributed by atoms with van der Waals surface area (Å²) >= 11 is 0. The molecule has 1 aliphatic heterocycles. The molecule has 1 aromatic carbocycles. The molecule has 0 radical (unpaired) electrons. The zero-order chi connectivity index (χ0) is 15.9. The quantitative estimate of drug-likeness (QED) is 0.877. The lowest BCUT2D eigenvalue weighted by Crippen LogP contribution is -2.43. The molecule has 0 aliphatic carbocycles. The summed E-state index contributed by atoms with van der Waals surface area (Å²) in [5, 5.41) is 3.02. The van der Waals surface area contributed by atoms with Crippen LogP contribution in [0.3, 0.4) is 0 Å². The Hall–Kier alpha value is -1.55. The minimum Gasteiger partial charge on any atom is -0.496 e. The summed E-state index contributed by atoms with van der Waals surface area (Å²) in [6.45, 7) is 8.56. The first kappa shape index (κ1) is 16.8. The summed E-state index contributed by atoms with van der Waals surface area (Å²) in [7, 11) is 1.63. The Morgan fingerprint density at radius 2 is 1.95 bits per heavy atom. The smallest absolute Gasteiger partial charge is 0.224 e. The monoisotopic (exact) mass is 304 g/mol. The largest absolute Gasteiger partial charge is 0.496 e. The van der Waals surface area contributed by atoms with E-state index in [9.17, 15) is 4.79 Å². The Morgan fingerprint density at radius 1 is 1.27 bits per heavy atom. The molecule has 1 N–H and O–H groups in total. The lowest BCUT2D eigenvalue weighted by Gasteiger charge is -2.34. The molecule has 4 nitrogen and oxygen atoms in total. The van der Waals surface area contributed by atoms with Gasteiger partial charge >= 0.3 is 0 Å². The van der Waals surface area contributed by atoms with Crippen LogP contribution in [0.15, 0.2) is 24.3 Å². The molecular formula is C18H28N2O2. The molecule has 1 amide bonds. The summed E-state index contributed by atoms with van der Waals surface area (Å²) in [6, 6.07) is 7.67. The topological polar surface area (TPSA) is 41.6 Å². The van der Waals surface area contributed by atoms with Crippen LogP contribution in [-0.4, -0.2) is 44.1 Å². The third-order valence-electron chi connectivity index (χ3n) is 4.24. The third-order valence-corrected chi connectivity index (χ3v) is 4.24. The summed E-state index contributed by atoms with van der Waals surface area (Å²) in [5.74, 6) is 2.35. The van der Waals surface area contributed by atoms with E-state index in [-0.39, 0.29) is 5.91 Å². The van der Waals surface area contributed by atoms with Crippen LogP contribution in [-0.2, 0) is 11.2 Å². The van der Waals surface area contributed by atoms with Crippen LogP contribution in [0.5, 0.6) is 5.75 Å². The molecule has 2 atom stereocenters. The zero-order valence-corrected chi connectivity index (χ0v) is 14.0. The van der Waals surface area contributed by atoms with Crippen molar-refractivity contribution in [2.45, 2.75) is 26.7 Å². The number of carbonyl (C=O) groups is 1. The van der Waals surface area contributed by atoms with E-state index in [0.717, 1.165) is 42.8 Å². The molecule has 1 heterocycles. The van der Waals surface area contributed by atoms with Crippen molar-refractivity contribution >= 4 is 5.91 Å². The van der Waals surface area contributed by atoms with Crippen LogP contribution < -0.4 is 10.1 Å². The Balaban J connectivity index is 1.74. The molecule has 0 unspecified atom stereocenters. The van der Waals surface area contributed by atoms with Crippen molar-refractivity contribution in [3.63, 3.8) is 0 Å². The first-order chi connectivity index (χ1) is 10.6. The van der Waals surface area contributed by atoms with E-state index in [0.29, 0.717) is 13.0 Å². The molecule has 4 heteroatoms. The van der Waals surface area contributed by atoms with Gasteiger partial charge in [-0.1, -0.05) is 32.0 Å². The number of piperidine rings is 1. The number of ether oxygens (including phenoxy) is 1. The summed E-state index contributed by atoms with van der Waals surface area (Å²) in [5.41, 5.74) is 0.933. The van der Waals surface area contributed by atoms with E-state index in [4.69, 9.17) is 4.74 Å². The van der Waals surface area contributed by atoms with E-state index in [1.807, 2.05) is 24.3 Å². The molecule has 122 valence electrons. The fourth-order valence-electron chi connectivity index (χ4n) is 3.41. The van der Waals surface area contributed by atoms with Gasteiger partial charge in [0.15, 0.2) is 0 Å². The lowest BCUT2D eigenvalue weighted by molar-refractivity contribution is -0.120. The van der Waals surface area contributed by atoms with Crippen molar-refractivity contribution in [3.05, 3.63) is 29.8 Å². The molecule has 0 spiro atoms. The summed E-state index contributed by atoms with van der Waals surface area (Å²) in [4.78, 5) is 14.5. The molecule has 22 heavy (non-hydrogen) atoms. The fraction of sp³-hybridized carbons (Fsp3) is 0.611. The van der Waals surface area contributed by atoms with Crippen molar-refractivity contribution < 1.29 is 9.53 Å². The first-order valence-corrected chi connectivity index (χ1v) is 8.19. The van der Waals surface area contributed by atoms with Gasteiger partial charge in [0.2, 0.25) is 5.91 Å². The highest BCUT2D eigenvalue weighted by Gasteiger charge is 2.21. The molecule has 1 saturated heterocycles. The second-order valence-corrected chi connectivity index (χ2v) is 6.54. The third kappa shape index (κ3) is 5.02. The van der Waals surface area contributed by atoms with Gasteiger partial charge in [-0.3, -0.25) is 4.79 Å². The van der Waals surface area contributed by atoms with Crippen molar-refractivity contribution in [2.75, 3.05) is 33.3 Å². The van der Waals surface area contributed by atoms with Crippen LogP contribution in [0.1, 0.15) is 25.8 Å². The molecule has 1 fully saturated rings. The van der Waals surface area contributed by atoms with Crippen molar-refractivity contribution in [2.24, 2.45) is 11.8 Å². The lowest BCUT2D eigenvalue weighted by atomic mass is 9.92. The fourth-order valence-corrected chi connectivity index (χ4v) is 3.41. The van der Waals surface area contributed by atoms with Gasteiger partial charge in [0.1, 0.15) is 5.75 Å². The number of hydrogen-bond acceptors (Lipinski definition) is 3. The van der Waals surface area contributed by atoms with Crippen molar-refractivity contribution in [1.29, 1.82) is 0 Å². The molecule has 2 rings (SSSR count). The van der Waals surface area contributed by atoms with Gasteiger partial charge in [-0.15, -0.1) is 0 Å². The number of benzene rings is 1. The van der Waals surface area contributed by atoms with Crippen LogP contribution in [0, 0.1) is 11.8 Å². The molecule has 0 aromatic heterocycles.